The van der Waals surface area contributed by atoms with Crippen LogP contribution in [0.4, 0.5) is 0 Å². The van der Waals surface area contributed by atoms with E-state index in [2.05, 4.69) is 4.99 Å². The second-order valence-electron chi connectivity index (χ2n) is 6.58. The lowest BCUT2D eigenvalue weighted by molar-refractivity contribution is -0.143. The van der Waals surface area contributed by atoms with Crippen LogP contribution in [0.1, 0.15) is 22.8 Å². The Hall–Kier alpha value is -3.33. The molecule has 1 aromatic heterocycles. The minimum atomic E-state index is -0.500. The Labute approximate surface area is 183 Å². The number of aromatic nitrogens is 1. The summed E-state index contributed by atoms with van der Waals surface area (Å²) in [6, 6.07) is 8.93. The van der Waals surface area contributed by atoms with Gasteiger partial charge >= 0.3 is 5.97 Å². The number of hydrogen-bond acceptors (Lipinski definition) is 7. The second-order valence-corrected chi connectivity index (χ2v) is 7.59. The number of rotatable bonds is 7. The maximum absolute atomic E-state index is 13.0. The van der Waals surface area contributed by atoms with E-state index in [1.807, 2.05) is 25.1 Å². The van der Waals surface area contributed by atoms with Gasteiger partial charge in [0.2, 0.25) is 5.75 Å². The molecule has 0 aliphatic rings. The summed E-state index contributed by atoms with van der Waals surface area (Å²) >= 11 is 1.33. The zero-order chi connectivity index (χ0) is 22.5. The minimum Gasteiger partial charge on any atom is -0.493 e. The van der Waals surface area contributed by atoms with Crippen LogP contribution in [0.2, 0.25) is 0 Å². The molecule has 8 nitrogen and oxygen atoms in total. The lowest BCUT2D eigenvalue weighted by Crippen LogP contribution is -2.23. The molecular formula is C22H24N2O6S. The lowest BCUT2D eigenvalue weighted by Gasteiger charge is -2.12. The van der Waals surface area contributed by atoms with Crippen molar-refractivity contribution in [2.24, 2.45) is 4.99 Å². The Kier molecular flexibility index (Phi) is 6.96. The van der Waals surface area contributed by atoms with Gasteiger partial charge in [0.15, 0.2) is 16.3 Å². The maximum Gasteiger partial charge on any atom is 0.326 e. The van der Waals surface area contributed by atoms with Gasteiger partial charge in [-0.1, -0.05) is 17.4 Å². The summed E-state index contributed by atoms with van der Waals surface area (Å²) in [6.45, 7) is 3.96. The number of aryl methyl sites for hydroxylation is 1. The van der Waals surface area contributed by atoms with Gasteiger partial charge in [-0.3, -0.25) is 9.59 Å². The van der Waals surface area contributed by atoms with E-state index < -0.39 is 11.9 Å². The number of carbonyl (C=O) groups is 2. The minimum absolute atomic E-state index is 0.0434. The van der Waals surface area contributed by atoms with Crippen molar-refractivity contribution in [3.05, 3.63) is 46.3 Å². The Morgan fingerprint density at radius 2 is 1.71 bits per heavy atom. The summed E-state index contributed by atoms with van der Waals surface area (Å²) < 4.78 is 23.6. The quantitative estimate of drug-likeness (QED) is 0.520. The molecule has 3 aromatic rings. The van der Waals surface area contributed by atoms with E-state index in [9.17, 15) is 9.59 Å². The number of nitrogens with zero attached hydrogens (tertiary/aromatic N) is 2. The maximum atomic E-state index is 13.0. The molecule has 0 saturated carbocycles. The first-order chi connectivity index (χ1) is 14.9. The third kappa shape index (κ3) is 4.72. The highest BCUT2D eigenvalue weighted by molar-refractivity contribution is 7.16. The molecule has 0 unspecified atom stereocenters. The van der Waals surface area contributed by atoms with Gasteiger partial charge in [0.25, 0.3) is 5.91 Å². The van der Waals surface area contributed by atoms with E-state index in [1.165, 1.54) is 32.7 Å². The first-order valence-corrected chi connectivity index (χ1v) is 10.4. The van der Waals surface area contributed by atoms with Crippen LogP contribution >= 0.6 is 11.3 Å². The number of amides is 1. The third-order valence-corrected chi connectivity index (χ3v) is 5.58. The molecular weight excluding hydrogens is 420 g/mol. The fourth-order valence-corrected chi connectivity index (χ4v) is 4.24. The van der Waals surface area contributed by atoms with Crippen LogP contribution in [0.25, 0.3) is 10.2 Å². The average molecular weight is 445 g/mol. The van der Waals surface area contributed by atoms with Crippen LogP contribution in [-0.4, -0.2) is 44.4 Å². The summed E-state index contributed by atoms with van der Waals surface area (Å²) in [4.78, 5) is 29.9. The van der Waals surface area contributed by atoms with Crippen LogP contribution in [0.15, 0.2) is 35.3 Å². The van der Waals surface area contributed by atoms with Crippen molar-refractivity contribution < 1.29 is 28.5 Å². The molecule has 0 radical (unpaired) electrons. The van der Waals surface area contributed by atoms with E-state index in [0.29, 0.717) is 22.0 Å². The van der Waals surface area contributed by atoms with Crippen molar-refractivity contribution >= 4 is 33.4 Å². The van der Waals surface area contributed by atoms with Crippen LogP contribution in [0.5, 0.6) is 17.2 Å². The van der Waals surface area contributed by atoms with Crippen molar-refractivity contribution in [1.82, 2.24) is 4.57 Å². The molecule has 9 heteroatoms. The van der Waals surface area contributed by atoms with Crippen LogP contribution < -0.4 is 19.0 Å². The normalized spacial score (nSPS) is 11.5. The molecule has 0 aliphatic carbocycles. The standard InChI is InChI=1S/C22H24N2O6S/c1-6-30-19(25)12-24-15-8-7-13(2)9-18(15)31-22(24)23-21(26)14-10-16(27-3)20(29-5)17(11-14)28-4/h7-11H,6,12H2,1-5H3. The van der Waals surface area contributed by atoms with E-state index in [-0.39, 0.29) is 18.7 Å². The SMILES string of the molecule is CCOC(=O)Cn1c(=NC(=O)c2cc(OC)c(OC)c(OC)c2)sc2cc(C)ccc21. The number of carbonyl (C=O) groups excluding carboxylic acids is 2. The molecule has 0 spiro atoms. The number of hydrogen-bond donors (Lipinski definition) is 0. The van der Waals surface area contributed by atoms with Gasteiger partial charge in [0, 0.05) is 5.56 Å². The van der Waals surface area contributed by atoms with Gasteiger partial charge in [-0.05, 0) is 43.7 Å². The van der Waals surface area contributed by atoms with E-state index in [1.54, 1.807) is 23.6 Å². The molecule has 0 N–H and O–H groups in total. The van der Waals surface area contributed by atoms with Crippen LogP contribution in [0, 0.1) is 6.92 Å². The highest BCUT2D eigenvalue weighted by Crippen LogP contribution is 2.38. The van der Waals surface area contributed by atoms with Gasteiger partial charge < -0.3 is 23.5 Å². The predicted octanol–water partition coefficient (Wildman–Crippen LogP) is 3.34. The molecule has 0 bridgehead atoms. The first-order valence-electron chi connectivity index (χ1n) is 9.56. The Bertz CT molecular complexity index is 1170. The number of ether oxygens (including phenoxy) is 4. The summed E-state index contributed by atoms with van der Waals surface area (Å²) in [7, 11) is 4.44. The fourth-order valence-electron chi connectivity index (χ4n) is 3.11. The van der Waals surface area contributed by atoms with Gasteiger partial charge in [-0.2, -0.15) is 4.99 Å². The van der Waals surface area contributed by atoms with E-state index in [4.69, 9.17) is 18.9 Å². The molecule has 1 heterocycles. The molecule has 0 fully saturated rings. The summed E-state index contributed by atoms with van der Waals surface area (Å²) in [6.07, 6.45) is 0. The molecule has 0 aliphatic heterocycles. The highest BCUT2D eigenvalue weighted by atomic mass is 32.1. The second kappa shape index (κ2) is 9.65. The van der Waals surface area contributed by atoms with Gasteiger partial charge in [-0.15, -0.1) is 0 Å². The summed E-state index contributed by atoms with van der Waals surface area (Å²) in [5.41, 5.74) is 2.14. The van der Waals surface area contributed by atoms with Crippen molar-refractivity contribution in [2.45, 2.75) is 20.4 Å². The lowest BCUT2D eigenvalue weighted by atomic mass is 10.1. The van der Waals surface area contributed by atoms with Gasteiger partial charge in [0.1, 0.15) is 6.54 Å². The van der Waals surface area contributed by atoms with Crippen molar-refractivity contribution in [3.8, 4) is 17.2 Å². The molecule has 164 valence electrons. The zero-order valence-corrected chi connectivity index (χ0v) is 18.9. The molecule has 3 rings (SSSR count). The Morgan fingerprint density at radius 1 is 1.03 bits per heavy atom. The monoisotopic (exact) mass is 444 g/mol. The predicted molar refractivity (Wildman–Crippen MR) is 117 cm³/mol. The molecule has 0 saturated heterocycles. The fraction of sp³-hybridized carbons (Fsp3) is 0.318. The molecule has 31 heavy (non-hydrogen) atoms. The van der Waals surface area contributed by atoms with Crippen molar-refractivity contribution in [2.75, 3.05) is 27.9 Å². The van der Waals surface area contributed by atoms with Crippen molar-refractivity contribution in [3.63, 3.8) is 0 Å². The number of methoxy groups -OCH3 is 3. The number of esters is 1. The summed E-state index contributed by atoms with van der Waals surface area (Å²) in [5, 5.41) is 0. The van der Waals surface area contributed by atoms with E-state index >= 15 is 0 Å². The van der Waals surface area contributed by atoms with Crippen LogP contribution in [-0.2, 0) is 16.1 Å². The topological polar surface area (TPSA) is 88.4 Å². The summed E-state index contributed by atoms with van der Waals surface area (Å²) in [5.74, 6) is 0.194. The number of thiazole rings is 1. The number of benzene rings is 2. The van der Waals surface area contributed by atoms with Crippen LogP contribution in [0.3, 0.4) is 0 Å². The zero-order valence-electron chi connectivity index (χ0n) is 18.1. The molecule has 2 aromatic carbocycles. The first kappa shape index (κ1) is 22.4. The molecule has 0 atom stereocenters. The van der Waals surface area contributed by atoms with Gasteiger partial charge in [0.05, 0.1) is 38.2 Å². The molecule has 1 amide bonds. The third-order valence-electron chi connectivity index (χ3n) is 4.54. The van der Waals surface area contributed by atoms with Gasteiger partial charge in [-0.25, -0.2) is 0 Å². The van der Waals surface area contributed by atoms with Crippen molar-refractivity contribution in [1.29, 1.82) is 0 Å². The highest BCUT2D eigenvalue weighted by Gasteiger charge is 2.18. The van der Waals surface area contributed by atoms with E-state index in [0.717, 1.165) is 15.8 Å². The number of fused-ring (bicyclic) bond motifs is 1. The smallest absolute Gasteiger partial charge is 0.326 e. The Balaban J connectivity index is 2.13. The Morgan fingerprint density at radius 3 is 2.29 bits per heavy atom. The largest absolute Gasteiger partial charge is 0.493 e. The average Bonchev–Trinajstić information content (AvgIpc) is 3.08.